The fraction of sp³-hybridized carbons (Fsp3) is 0.588. The number of hydrogen-bond donors (Lipinski definition) is 0. The Kier molecular flexibility index (Phi) is 4.71. The van der Waals surface area contributed by atoms with Gasteiger partial charge in [0.1, 0.15) is 17.7 Å². The zero-order valence-corrected chi connectivity index (χ0v) is 14.7. The van der Waals surface area contributed by atoms with Gasteiger partial charge >= 0.3 is 0 Å². The molecule has 0 N–H and O–H groups in total. The maximum atomic E-state index is 12.6. The molecule has 0 aromatic carbocycles. The van der Waals surface area contributed by atoms with Crippen molar-refractivity contribution in [3.63, 3.8) is 0 Å². The molecule has 3 rings (SSSR count). The van der Waals surface area contributed by atoms with Crippen LogP contribution in [0.1, 0.15) is 41.1 Å². The Hall–Kier alpha value is -2.15. The highest BCUT2D eigenvalue weighted by molar-refractivity contribution is 5.76. The topological polar surface area (TPSA) is 73.4 Å². The predicted octanol–water partition coefficient (Wildman–Crippen LogP) is 1.87. The maximum absolute atomic E-state index is 12.6. The zero-order chi connectivity index (χ0) is 17.3. The Labute approximate surface area is 141 Å². The first-order valence-electron chi connectivity index (χ1n) is 8.26. The van der Waals surface area contributed by atoms with Gasteiger partial charge in [-0.05, 0) is 27.2 Å². The highest BCUT2D eigenvalue weighted by atomic mass is 16.5. The van der Waals surface area contributed by atoms with E-state index in [1.54, 1.807) is 0 Å². The first kappa shape index (κ1) is 16.7. The molecule has 1 aliphatic heterocycles. The zero-order valence-electron chi connectivity index (χ0n) is 14.7. The van der Waals surface area contributed by atoms with Gasteiger partial charge in [-0.2, -0.15) is 0 Å². The molecule has 1 amide bonds. The van der Waals surface area contributed by atoms with Crippen molar-refractivity contribution in [2.24, 2.45) is 7.05 Å². The van der Waals surface area contributed by atoms with Crippen molar-refractivity contribution in [1.29, 1.82) is 0 Å². The van der Waals surface area contributed by atoms with Crippen molar-refractivity contribution in [3.8, 4) is 0 Å². The van der Waals surface area contributed by atoms with Gasteiger partial charge in [-0.15, -0.1) is 0 Å². The highest BCUT2D eigenvalue weighted by Gasteiger charge is 2.28. The minimum absolute atomic E-state index is 0.134. The number of nitrogens with zero attached hydrogens (tertiary/aromatic N) is 4. The van der Waals surface area contributed by atoms with E-state index < -0.39 is 0 Å². The molecule has 0 unspecified atom stereocenters. The number of aromatic nitrogens is 3. The fourth-order valence-corrected chi connectivity index (χ4v) is 3.21. The van der Waals surface area contributed by atoms with Crippen LogP contribution in [-0.2, 0) is 23.0 Å². The minimum atomic E-state index is -0.166. The largest absolute Gasteiger partial charge is 0.367 e. The molecule has 2 aromatic heterocycles. The van der Waals surface area contributed by atoms with Crippen molar-refractivity contribution >= 4 is 5.91 Å². The second-order valence-corrected chi connectivity index (χ2v) is 6.35. The lowest BCUT2D eigenvalue weighted by Gasteiger charge is -2.32. The number of ether oxygens (including phenoxy) is 1. The average Bonchev–Trinajstić information content (AvgIpc) is 3.07. The summed E-state index contributed by atoms with van der Waals surface area (Å²) in [6, 6.07) is 0. The summed E-state index contributed by atoms with van der Waals surface area (Å²) in [7, 11) is 1.96. The first-order valence-corrected chi connectivity index (χ1v) is 8.26. The molecule has 1 atom stereocenters. The van der Waals surface area contributed by atoms with Crippen LogP contribution in [0.2, 0.25) is 0 Å². The van der Waals surface area contributed by atoms with Gasteiger partial charge in [-0.1, -0.05) is 5.16 Å². The summed E-state index contributed by atoms with van der Waals surface area (Å²) in [6.07, 6.45) is 2.91. The van der Waals surface area contributed by atoms with Crippen LogP contribution in [0.15, 0.2) is 10.7 Å². The van der Waals surface area contributed by atoms with Gasteiger partial charge < -0.3 is 18.7 Å². The van der Waals surface area contributed by atoms with Crippen LogP contribution in [0.5, 0.6) is 0 Å². The van der Waals surface area contributed by atoms with Crippen LogP contribution in [0.4, 0.5) is 0 Å². The fourth-order valence-electron chi connectivity index (χ4n) is 3.21. The molecule has 0 aliphatic carbocycles. The second-order valence-electron chi connectivity index (χ2n) is 6.35. The molecule has 1 fully saturated rings. The molecule has 7 nitrogen and oxygen atoms in total. The standard InChI is InChI=1S/C17H24N4O3/c1-11-9-20(4)17(18-11)15-10-21(7-8-23-15)16(22)6-5-14-12(2)19-24-13(14)3/h9,15H,5-8,10H2,1-4H3/t15-/m1/s1. The summed E-state index contributed by atoms with van der Waals surface area (Å²) >= 11 is 0. The number of hydrogen-bond acceptors (Lipinski definition) is 5. The van der Waals surface area contributed by atoms with E-state index in [2.05, 4.69) is 10.1 Å². The van der Waals surface area contributed by atoms with E-state index in [1.165, 1.54) is 0 Å². The summed E-state index contributed by atoms with van der Waals surface area (Å²) < 4.78 is 13.0. The van der Waals surface area contributed by atoms with Crippen molar-refractivity contribution < 1.29 is 14.1 Å². The van der Waals surface area contributed by atoms with Crippen molar-refractivity contribution in [2.75, 3.05) is 19.7 Å². The molecule has 0 bridgehead atoms. The van der Waals surface area contributed by atoms with Crippen molar-refractivity contribution in [1.82, 2.24) is 19.6 Å². The third-order valence-corrected chi connectivity index (χ3v) is 4.51. The number of carbonyl (C=O) groups excluding carboxylic acids is 1. The summed E-state index contributed by atoms with van der Waals surface area (Å²) in [6.45, 7) is 7.45. The molecule has 1 aliphatic rings. The summed E-state index contributed by atoms with van der Waals surface area (Å²) in [4.78, 5) is 19.0. The normalized spacial score (nSPS) is 18.2. The van der Waals surface area contributed by atoms with Crippen LogP contribution in [0.25, 0.3) is 0 Å². The average molecular weight is 332 g/mol. The van der Waals surface area contributed by atoms with E-state index in [4.69, 9.17) is 9.26 Å². The first-order chi connectivity index (χ1) is 11.5. The minimum Gasteiger partial charge on any atom is -0.367 e. The smallest absolute Gasteiger partial charge is 0.223 e. The maximum Gasteiger partial charge on any atom is 0.223 e. The third kappa shape index (κ3) is 3.36. The van der Waals surface area contributed by atoms with Crippen LogP contribution in [-0.4, -0.2) is 45.2 Å². The molecule has 0 spiro atoms. The van der Waals surface area contributed by atoms with E-state index in [-0.39, 0.29) is 12.0 Å². The number of imidazole rings is 1. The summed E-state index contributed by atoms with van der Waals surface area (Å²) in [5, 5.41) is 3.94. The Balaban J connectivity index is 1.62. The summed E-state index contributed by atoms with van der Waals surface area (Å²) in [5.41, 5.74) is 2.86. The van der Waals surface area contributed by atoms with Crippen LogP contribution in [0.3, 0.4) is 0 Å². The van der Waals surface area contributed by atoms with Crippen molar-refractivity contribution in [2.45, 2.75) is 39.7 Å². The van der Waals surface area contributed by atoms with E-state index in [0.29, 0.717) is 32.5 Å². The number of carbonyl (C=O) groups is 1. The van der Waals surface area contributed by atoms with Gasteiger partial charge in [0.25, 0.3) is 0 Å². The molecule has 0 saturated carbocycles. The van der Waals surface area contributed by atoms with E-state index in [1.807, 2.05) is 43.5 Å². The van der Waals surface area contributed by atoms with E-state index >= 15 is 0 Å². The van der Waals surface area contributed by atoms with Gasteiger partial charge in [-0.25, -0.2) is 4.98 Å². The van der Waals surface area contributed by atoms with Crippen LogP contribution < -0.4 is 0 Å². The summed E-state index contributed by atoms with van der Waals surface area (Å²) in [5.74, 6) is 1.80. The number of morpholine rings is 1. The van der Waals surface area contributed by atoms with E-state index in [9.17, 15) is 4.79 Å². The SMILES string of the molecule is Cc1cn(C)c([C@H]2CN(C(=O)CCc3c(C)noc3C)CCO2)n1. The predicted molar refractivity (Wildman–Crippen MR) is 87.5 cm³/mol. The Bertz CT molecular complexity index is 715. The molecular formula is C17H24N4O3. The lowest BCUT2D eigenvalue weighted by atomic mass is 10.1. The van der Waals surface area contributed by atoms with Gasteiger partial charge in [0, 0.05) is 31.8 Å². The Morgan fingerprint density at radius 1 is 1.38 bits per heavy atom. The van der Waals surface area contributed by atoms with Gasteiger partial charge in [-0.3, -0.25) is 4.79 Å². The van der Waals surface area contributed by atoms with Crippen LogP contribution in [0, 0.1) is 20.8 Å². The number of amides is 1. The third-order valence-electron chi connectivity index (χ3n) is 4.51. The molecule has 0 radical (unpaired) electrons. The molecule has 2 aromatic rings. The Morgan fingerprint density at radius 2 is 2.17 bits per heavy atom. The highest BCUT2D eigenvalue weighted by Crippen LogP contribution is 2.22. The quantitative estimate of drug-likeness (QED) is 0.854. The van der Waals surface area contributed by atoms with Crippen molar-refractivity contribution in [3.05, 3.63) is 34.7 Å². The Morgan fingerprint density at radius 3 is 2.79 bits per heavy atom. The number of aryl methyl sites for hydroxylation is 4. The molecule has 7 heteroatoms. The molecule has 1 saturated heterocycles. The molecule has 130 valence electrons. The van der Waals surface area contributed by atoms with Gasteiger partial charge in [0.15, 0.2) is 0 Å². The monoisotopic (exact) mass is 332 g/mol. The molecule has 3 heterocycles. The van der Waals surface area contributed by atoms with Gasteiger partial charge in [0.2, 0.25) is 5.91 Å². The second kappa shape index (κ2) is 6.76. The molecule has 24 heavy (non-hydrogen) atoms. The van der Waals surface area contributed by atoms with E-state index in [0.717, 1.165) is 28.5 Å². The molecular weight excluding hydrogens is 308 g/mol. The lowest BCUT2D eigenvalue weighted by Crippen LogP contribution is -2.43. The number of rotatable bonds is 4. The van der Waals surface area contributed by atoms with Gasteiger partial charge in [0.05, 0.1) is 24.5 Å². The lowest BCUT2D eigenvalue weighted by molar-refractivity contribution is -0.139. The van der Waals surface area contributed by atoms with Crippen LogP contribution >= 0.6 is 0 Å².